The van der Waals surface area contributed by atoms with Crippen molar-refractivity contribution < 1.29 is 9.53 Å². The van der Waals surface area contributed by atoms with Crippen LogP contribution in [0.1, 0.15) is 49.9 Å². The summed E-state index contributed by atoms with van der Waals surface area (Å²) in [5.41, 5.74) is 1.50. The highest BCUT2D eigenvalue weighted by atomic mass is 16.5. The number of nitrogens with one attached hydrogen (secondary N) is 1. The van der Waals surface area contributed by atoms with Gasteiger partial charge in [0.15, 0.2) is 0 Å². The molecule has 1 aliphatic carbocycles. The molecule has 3 rings (SSSR count). The van der Waals surface area contributed by atoms with Gasteiger partial charge in [-0.15, -0.1) is 0 Å². The van der Waals surface area contributed by atoms with E-state index in [9.17, 15) is 9.59 Å². The number of carbonyl (C=O) groups is 1. The molecule has 1 amide bonds. The molecule has 0 saturated heterocycles. The molecule has 1 fully saturated rings. The lowest BCUT2D eigenvalue weighted by atomic mass is 10.2. The smallest absolute Gasteiger partial charge is 0.267 e. The van der Waals surface area contributed by atoms with Crippen molar-refractivity contribution in [3.8, 4) is 5.88 Å². The van der Waals surface area contributed by atoms with Gasteiger partial charge in [-0.05, 0) is 44.4 Å². The Bertz CT molecular complexity index is 814. The molecule has 7 heteroatoms. The number of carbonyl (C=O) groups excluding carboxylic acids is 1. The molecule has 2 aromatic heterocycles. The monoisotopic (exact) mass is 342 g/mol. The first-order valence-electron chi connectivity index (χ1n) is 8.53. The lowest BCUT2D eigenvalue weighted by molar-refractivity contribution is -0.124. The quantitative estimate of drug-likeness (QED) is 0.829. The second kappa shape index (κ2) is 7.46. The maximum Gasteiger partial charge on any atom is 0.267 e. The molecule has 0 aliphatic heterocycles. The molecule has 25 heavy (non-hydrogen) atoms. The summed E-state index contributed by atoms with van der Waals surface area (Å²) in [6.07, 6.45) is 3.83. The predicted molar refractivity (Wildman–Crippen MR) is 92.4 cm³/mol. The number of pyridine rings is 1. The van der Waals surface area contributed by atoms with Gasteiger partial charge in [0.05, 0.1) is 12.3 Å². The van der Waals surface area contributed by atoms with Crippen LogP contribution >= 0.6 is 0 Å². The predicted octanol–water partition coefficient (Wildman–Crippen LogP) is 1.79. The fourth-order valence-electron chi connectivity index (χ4n) is 2.55. The van der Waals surface area contributed by atoms with Crippen molar-refractivity contribution in [1.82, 2.24) is 20.1 Å². The van der Waals surface area contributed by atoms with Crippen molar-refractivity contribution in [3.05, 3.63) is 52.1 Å². The van der Waals surface area contributed by atoms with Crippen LogP contribution in [-0.4, -0.2) is 27.3 Å². The van der Waals surface area contributed by atoms with E-state index in [-0.39, 0.29) is 11.5 Å². The minimum absolute atomic E-state index is 0.252. The van der Waals surface area contributed by atoms with Crippen molar-refractivity contribution in [2.24, 2.45) is 0 Å². The Morgan fingerprint density at radius 3 is 2.92 bits per heavy atom. The molecule has 0 radical (unpaired) electrons. The van der Waals surface area contributed by atoms with Gasteiger partial charge in [-0.25, -0.2) is 9.67 Å². The Balaban J connectivity index is 1.66. The highest BCUT2D eigenvalue weighted by Gasteiger charge is 2.27. The van der Waals surface area contributed by atoms with Gasteiger partial charge in [-0.2, -0.15) is 5.10 Å². The van der Waals surface area contributed by atoms with E-state index in [0.717, 1.165) is 24.1 Å². The second-order valence-electron chi connectivity index (χ2n) is 6.14. The average Bonchev–Trinajstić information content (AvgIpc) is 3.45. The minimum Gasteiger partial charge on any atom is -0.478 e. The van der Waals surface area contributed by atoms with Crippen molar-refractivity contribution >= 4 is 5.91 Å². The van der Waals surface area contributed by atoms with Gasteiger partial charge < -0.3 is 10.1 Å². The summed E-state index contributed by atoms with van der Waals surface area (Å²) in [6, 6.07) is 6.17. The number of hydrogen-bond donors (Lipinski definition) is 1. The fourth-order valence-corrected chi connectivity index (χ4v) is 2.55. The minimum atomic E-state index is -0.667. The molecule has 0 aromatic carbocycles. The van der Waals surface area contributed by atoms with Crippen molar-refractivity contribution in [3.63, 3.8) is 0 Å². The number of hydrogen-bond acceptors (Lipinski definition) is 5. The molecule has 1 saturated carbocycles. The molecular weight excluding hydrogens is 320 g/mol. The fraction of sp³-hybridized carbons (Fsp3) is 0.444. The zero-order valence-electron chi connectivity index (χ0n) is 14.4. The first-order chi connectivity index (χ1) is 12.1. The van der Waals surface area contributed by atoms with Gasteiger partial charge in [0.25, 0.3) is 5.56 Å². The number of rotatable bonds is 7. The SMILES string of the molecule is CCOc1cc(CNC(=O)C(C)n2nc(C3CC3)ccc2=O)ccn1. The molecule has 1 atom stereocenters. The van der Waals surface area contributed by atoms with Crippen molar-refractivity contribution in [2.75, 3.05) is 6.61 Å². The second-order valence-corrected chi connectivity index (χ2v) is 6.14. The van der Waals surface area contributed by atoms with Crippen LogP contribution in [0.2, 0.25) is 0 Å². The number of aromatic nitrogens is 3. The summed E-state index contributed by atoms with van der Waals surface area (Å²) in [5, 5.41) is 7.20. The van der Waals surface area contributed by atoms with Crippen LogP contribution in [0.3, 0.4) is 0 Å². The van der Waals surface area contributed by atoms with E-state index in [2.05, 4.69) is 15.4 Å². The summed E-state index contributed by atoms with van der Waals surface area (Å²) in [4.78, 5) is 28.6. The zero-order valence-corrected chi connectivity index (χ0v) is 14.4. The summed E-state index contributed by atoms with van der Waals surface area (Å²) >= 11 is 0. The lowest BCUT2D eigenvalue weighted by Crippen LogP contribution is -2.37. The van der Waals surface area contributed by atoms with E-state index in [0.29, 0.717) is 24.9 Å². The summed E-state index contributed by atoms with van der Waals surface area (Å²) in [5.74, 6) is 0.700. The third-order valence-electron chi connectivity index (χ3n) is 4.15. The van der Waals surface area contributed by atoms with E-state index in [1.54, 1.807) is 25.3 Å². The number of amides is 1. The Morgan fingerprint density at radius 1 is 1.40 bits per heavy atom. The normalized spacial score (nSPS) is 14.8. The maximum atomic E-state index is 12.4. The summed E-state index contributed by atoms with van der Waals surface area (Å²) in [7, 11) is 0. The van der Waals surface area contributed by atoms with E-state index in [1.165, 1.54) is 10.7 Å². The maximum absolute atomic E-state index is 12.4. The summed E-state index contributed by atoms with van der Waals surface area (Å²) in [6.45, 7) is 4.44. The average molecular weight is 342 g/mol. The van der Waals surface area contributed by atoms with Gasteiger partial charge in [0.1, 0.15) is 6.04 Å². The molecule has 2 heterocycles. The van der Waals surface area contributed by atoms with Gasteiger partial charge in [-0.1, -0.05) is 0 Å². The van der Waals surface area contributed by atoms with Crippen LogP contribution in [0.25, 0.3) is 0 Å². The van der Waals surface area contributed by atoms with Crippen molar-refractivity contribution in [1.29, 1.82) is 0 Å². The summed E-state index contributed by atoms with van der Waals surface area (Å²) < 4.78 is 6.61. The van der Waals surface area contributed by atoms with Gasteiger partial charge >= 0.3 is 0 Å². The highest BCUT2D eigenvalue weighted by molar-refractivity contribution is 5.79. The van der Waals surface area contributed by atoms with Gasteiger partial charge in [0, 0.05) is 30.8 Å². The first-order valence-corrected chi connectivity index (χ1v) is 8.53. The molecule has 2 aromatic rings. The Kier molecular flexibility index (Phi) is 5.11. The van der Waals surface area contributed by atoms with E-state index in [1.807, 2.05) is 13.0 Å². The van der Waals surface area contributed by atoms with Crippen molar-refractivity contribution in [2.45, 2.75) is 45.2 Å². The van der Waals surface area contributed by atoms with Crippen LogP contribution < -0.4 is 15.6 Å². The van der Waals surface area contributed by atoms with E-state index in [4.69, 9.17) is 4.74 Å². The largest absolute Gasteiger partial charge is 0.478 e. The first kappa shape index (κ1) is 17.1. The molecule has 7 nitrogen and oxygen atoms in total. The van der Waals surface area contributed by atoms with E-state index >= 15 is 0 Å². The van der Waals surface area contributed by atoms with Gasteiger partial charge in [0.2, 0.25) is 11.8 Å². The van der Waals surface area contributed by atoms with Crippen LogP contribution in [-0.2, 0) is 11.3 Å². The van der Waals surface area contributed by atoms with Crippen LogP contribution in [0.15, 0.2) is 35.3 Å². The highest BCUT2D eigenvalue weighted by Crippen LogP contribution is 2.38. The zero-order chi connectivity index (χ0) is 17.8. The third kappa shape index (κ3) is 4.23. The molecule has 1 aliphatic rings. The Hall–Kier alpha value is -2.70. The van der Waals surface area contributed by atoms with E-state index < -0.39 is 6.04 Å². The third-order valence-corrected chi connectivity index (χ3v) is 4.15. The molecule has 0 spiro atoms. The molecule has 132 valence electrons. The molecule has 0 bridgehead atoms. The standard InChI is InChI=1S/C18H22N4O3/c1-3-25-16-10-13(8-9-19-16)11-20-18(24)12(2)22-17(23)7-6-15(21-22)14-4-5-14/h6-10,12,14H,3-5,11H2,1-2H3,(H,20,24). The number of nitrogens with zero attached hydrogens (tertiary/aromatic N) is 3. The Morgan fingerprint density at radius 2 is 2.20 bits per heavy atom. The Labute approximate surface area is 146 Å². The van der Waals surface area contributed by atoms with Crippen LogP contribution in [0.5, 0.6) is 5.88 Å². The van der Waals surface area contributed by atoms with Crippen LogP contribution in [0.4, 0.5) is 0 Å². The molecule has 1 unspecified atom stereocenters. The molecular formula is C18H22N4O3. The van der Waals surface area contributed by atoms with Crippen LogP contribution in [0, 0.1) is 0 Å². The molecule has 1 N–H and O–H groups in total. The number of ether oxygens (including phenoxy) is 1. The lowest BCUT2D eigenvalue weighted by Gasteiger charge is -2.15. The van der Waals surface area contributed by atoms with Gasteiger partial charge in [-0.3, -0.25) is 9.59 Å². The topological polar surface area (TPSA) is 86.1 Å².